The van der Waals surface area contributed by atoms with Crippen LogP contribution in [0.3, 0.4) is 0 Å². The quantitative estimate of drug-likeness (QED) is 0.371. The van der Waals surface area contributed by atoms with Crippen molar-refractivity contribution in [3.05, 3.63) is 97.0 Å². The zero-order valence-electron chi connectivity index (χ0n) is 15.1. The van der Waals surface area contributed by atoms with Gasteiger partial charge in [-0.15, -0.1) is 0 Å². The summed E-state index contributed by atoms with van der Waals surface area (Å²) in [6, 6.07) is 33.5. The maximum atomic E-state index is 8.36. The summed E-state index contributed by atoms with van der Waals surface area (Å²) in [4.78, 5) is 2.72. The molecule has 0 nitrogen and oxygen atoms in total. The first-order valence-electron chi connectivity index (χ1n) is 9.38. The molecule has 0 N–H and O–H groups in total. The third-order valence-electron chi connectivity index (χ3n) is 5.69. The first kappa shape index (κ1) is 13.6. The third kappa shape index (κ3) is 1.66. The predicted octanol–water partition coefficient (Wildman–Crippen LogP) is 3.51. The number of hydrogen-bond donors (Lipinski definition) is 0. The van der Waals surface area contributed by atoms with E-state index >= 15 is 0 Å². The average Bonchev–Trinajstić information content (AvgIpc) is 2.99. The van der Waals surface area contributed by atoms with E-state index in [-0.39, 0.29) is 0 Å². The van der Waals surface area contributed by atoms with Gasteiger partial charge >= 0.3 is 0 Å². The summed E-state index contributed by atoms with van der Waals surface area (Å²) in [5, 5.41) is 5.76. The molecule has 0 unspecified atom stereocenters. The van der Waals surface area contributed by atoms with Gasteiger partial charge in [-0.3, -0.25) is 0 Å². The van der Waals surface area contributed by atoms with Crippen LogP contribution in [0.25, 0.3) is 11.1 Å². The molecule has 4 aromatic rings. The monoisotopic (exact) mass is 365 g/mol. The first-order chi connectivity index (χ1) is 13.3. The standard InChI is InChI=1S/C24H16SSi/c1-5-13-21-17(9-1)18-10-2-6-14-22(18)26(21)23-15-7-3-11-19(23)25-20-12-4-8-16-24(20)26/h1-16H/i5D. The minimum atomic E-state index is -2.37. The minimum absolute atomic E-state index is 0.599. The summed E-state index contributed by atoms with van der Waals surface area (Å²) in [5.74, 6) is 0. The first-order valence-corrected chi connectivity index (χ1v) is 11.7. The van der Waals surface area contributed by atoms with E-state index in [1.807, 2.05) is 17.8 Å². The SMILES string of the molecule is [2H]c1ccc2c(c1)[Si]1(c3ccccc3Sc3ccccc31)c1ccccc1-2. The number of benzene rings is 4. The fourth-order valence-electron chi connectivity index (χ4n) is 4.74. The Labute approximate surface area is 160 Å². The lowest BCUT2D eigenvalue weighted by molar-refractivity contribution is 1.42. The zero-order chi connectivity index (χ0) is 18.0. The molecular weight excluding hydrogens is 348 g/mol. The van der Waals surface area contributed by atoms with Gasteiger partial charge in [0.25, 0.3) is 0 Å². The van der Waals surface area contributed by atoms with Crippen LogP contribution in [0, 0.1) is 0 Å². The van der Waals surface area contributed by atoms with Crippen LogP contribution in [-0.4, -0.2) is 8.07 Å². The van der Waals surface area contributed by atoms with Crippen molar-refractivity contribution in [2.45, 2.75) is 9.79 Å². The van der Waals surface area contributed by atoms with Gasteiger partial charge in [0.2, 0.25) is 0 Å². The van der Waals surface area contributed by atoms with Crippen molar-refractivity contribution in [3.63, 3.8) is 0 Å². The Morgan fingerprint density at radius 3 is 1.73 bits per heavy atom. The Balaban J connectivity index is 1.87. The van der Waals surface area contributed by atoms with Gasteiger partial charge in [0.05, 0.1) is 1.37 Å². The minimum Gasteiger partial charge on any atom is -0.0903 e. The van der Waals surface area contributed by atoms with E-state index in [4.69, 9.17) is 1.37 Å². The van der Waals surface area contributed by atoms with Crippen molar-refractivity contribution in [3.8, 4) is 11.1 Å². The molecule has 2 heterocycles. The van der Waals surface area contributed by atoms with Crippen LogP contribution in [0.4, 0.5) is 0 Å². The zero-order valence-corrected chi connectivity index (χ0v) is 15.9. The molecule has 0 saturated heterocycles. The Morgan fingerprint density at radius 2 is 1.04 bits per heavy atom. The molecule has 2 aliphatic rings. The molecule has 2 aliphatic heterocycles. The molecule has 0 radical (unpaired) electrons. The average molecular weight is 366 g/mol. The summed E-state index contributed by atoms with van der Waals surface area (Å²) >= 11 is 1.88. The maximum absolute atomic E-state index is 8.36. The van der Waals surface area contributed by atoms with Crippen LogP contribution in [-0.2, 0) is 0 Å². The van der Waals surface area contributed by atoms with Crippen molar-refractivity contribution < 1.29 is 1.37 Å². The van der Waals surface area contributed by atoms with Crippen molar-refractivity contribution in [1.82, 2.24) is 0 Å². The van der Waals surface area contributed by atoms with Crippen molar-refractivity contribution in [1.29, 1.82) is 0 Å². The topological polar surface area (TPSA) is 0 Å². The number of fused-ring (bicyclic) bond motifs is 9. The second-order valence-corrected chi connectivity index (χ2v) is 11.6. The molecule has 0 atom stereocenters. The molecule has 6 rings (SSSR count). The van der Waals surface area contributed by atoms with Gasteiger partial charge in [-0.05, 0) is 44.0 Å². The van der Waals surface area contributed by atoms with Crippen LogP contribution < -0.4 is 20.7 Å². The summed E-state index contributed by atoms with van der Waals surface area (Å²) in [5.41, 5.74) is 2.65. The van der Waals surface area contributed by atoms with Gasteiger partial charge < -0.3 is 0 Å². The van der Waals surface area contributed by atoms with Gasteiger partial charge in [0.15, 0.2) is 8.07 Å². The number of hydrogen-bond acceptors (Lipinski definition) is 1. The smallest absolute Gasteiger partial charge is 0.0903 e. The number of rotatable bonds is 0. The molecule has 122 valence electrons. The Bertz CT molecular complexity index is 1180. The highest BCUT2D eigenvalue weighted by molar-refractivity contribution is 8.00. The van der Waals surface area contributed by atoms with E-state index < -0.39 is 8.07 Å². The lowest BCUT2D eigenvalue weighted by atomic mass is 10.1. The highest BCUT2D eigenvalue weighted by Crippen LogP contribution is 2.37. The van der Waals surface area contributed by atoms with E-state index in [0.717, 1.165) is 0 Å². The van der Waals surface area contributed by atoms with Crippen LogP contribution in [0.15, 0.2) is 107 Å². The van der Waals surface area contributed by atoms with Crippen LogP contribution in [0.2, 0.25) is 0 Å². The van der Waals surface area contributed by atoms with E-state index in [1.54, 1.807) is 0 Å². The Morgan fingerprint density at radius 1 is 0.538 bits per heavy atom. The largest absolute Gasteiger partial charge is 0.183 e. The highest BCUT2D eigenvalue weighted by atomic mass is 32.2. The molecule has 0 amide bonds. The van der Waals surface area contributed by atoms with E-state index in [0.29, 0.717) is 6.04 Å². The molecule has 2 heteroatoms. The molecule has 0 aliphatic carbocycles. The molecule has 0 saturated carbocycles. The van der Waals surface area contributed by atoms with Gasteiger partial charge in [0.1, 0.15) is 0 Å². The Kier molecular flexibility index (Phi) is 2.74. The highest BCUT2D eigenvalue weighted by Gasteiger charge is 2.52. The lowest BCUT2D eigenvalue weighted by Crippen LogP contribution is -2.74. The predicted molar refractivity (Wildman–Crippen MR) is 113 cm³/mol. The fraction of sp³-hybridized carbons (Fsp3) is 0. The second kappa shape index (κ2) is 5.23. The van der Waals surface area contributed by atoms with Gasteiger partial charge in [-0.1, -0.05) is 96.7 Å². The fourth-order valence-corrected chi connectivity index (χ4v) is 12.1. The summed E-state index contributed by atoms with van der Waals surface area (Å²) in [6.45, 7) is 0. The van der Waals surface area contributed by atoms with Gasteiger partial charge in [-0.25, -0.2) is 0 Å². The van der Waals surface area contributed by atoms with Crippen molar-refractivity contribution in [2.75, 3.05) is 0 Å². The second-order valence-electron chi connectivity index (χ2n) is 6.86. The summed E-state index contributed by atoms with van der Waals surface area (Å²) in [7, 11) is -2.37. The van der Waals surface area contributed by atoms with Crippen LogP contribution in [0.5, 0.6) is 0 Å². The van der Waals surface area contributed by atoms with E-state index in [9.17, 15) is 0 Å². The molecule has 1 spiro atoms. The molecule has 0 aromatic heterocycles. The lowest BCUT2D eigenvalue weighted by Gasteiger charge is -2.37. The maximum Gasteiger partial charge on any atom is 0.183 e. The van der Waals surface area contributed by atoms with Crippen LogP contribution in [0.1, 0.15) is 1.37 Å². The van der Waals surface area contributed by atoms with Crippen molar-refractivity contribution >= 4 is 40.6 Å². The summed E-state index contributed by atoms with van der Waals surface area (Å²) < 4.78 is 8.36. The molecule has 4 aromatic carbocycles. The molecule has 26 heavy (non-hydrogen) atoms. The molecule has 0 bridgehead atoms. The van der Waals surface area contributed by atoms with Gasteiger partial charge in [-0.2, -0.15) is 0 Å². The van der Waals surface area contributed by atoms with Crippen molar-refractivity contribution in [2.24, 2.45) is 0 Å². The summed E-state index contributed by atoms with van der Waals surface area (Å²) in [6.07, 6.45) is 0. The van der Waals surface area contributed by atoms with Gasteiger partial charge in [0, 0.05) is 9.79 Å². The van der Waals surface area contributed by atoms with E-state index in [2.05, 4.69) is 84.9 Å². The normalized spacial score (nSPS) is 15.6. The molecular formula is C24H16SSi. The Hall–Kier alpha value is -2.55. The van der Waals surface area contributed by atoms with E-state index in [1.165, 1.54) is 41.7 Å². The third-order valence-corrected chi connectivity index (χ3v) is 12.2. The molecule has 0 fully saturated rings. The van der Waals surface area contributed by atoms with Crippen LogP contribution >= 0.6 is 11.8 Å².